The minimum atomic E-state index is -3.59. The zero-order chi connectivity index (χ0) is 17.9. The molecule has 1 aliphatic heterocycles. The molecule has 1 N–H and O–H groups in total. The summed E-state index contributed by atoms with van der Waals surface area (Å²) in [6, 6.07) is 4.53. The van der Waals surface area contributed by atoms with Gasteiger partial charge in [0.15, 0.2) is 0 Å². The Morgan fingerprint density at radius 1 is 1.48 bits per heavy atom. The number of hydrogen-bond acceptors (Lipinski definition) is 5. The van der Waals surface area contributed by atoms with E-state index in [9.17, 15) is 13.2 Å². The molecule has 0 aliphatic carbocycles. The first-order valence-corrected chi connectivity index (χ1v) is 10.6. The normalized spacial score (nSPS) is 19.8. The van der Waals surface area contributed by atoms with E-state index >= 15 is 0 Å². The Labute approximate surface area is 151 Å². The monoisotopic (exact) mass is 382 g/mol. The summed E-state index contributed by atoms with van der Waals surface area (Å²) in [7, 11) is -3.59. The van der Waals surface area contributed by atoms with Gasteiger partial charge < -0.3 is 5.32 Å². The van der Waals surface area contributed by atoms with E-state index < -0.39 is 16.1 Å². The van der Waals surface area contributed by atoms with Crippen molar-refractivity contribution in [3.63, 3.8) is 0 Å². The predicted molar refractivity (Wildman–Crippen MR) is 95.6 cm³/mol. The van der Waals surface area contributed by atoms with Crippen LogP contribution in [0.1, 0.15) is 19.8 Å². The zero-order valence-corrected chi connectivity index (χ0v) is 15.7. The molecule has 136 valence electrons. The number of hydrogen-bond donors (Lipinski definition) is 1. The molecule has 7 nitrogen and oxygen atoms in total. The zero-order valence-electron chi connectivity index (χ0n) is 14.0. The van der Waals surface area contributed by atoms with Crippen LogP contribution >= 0.6 is 11.3 Å². The molecule has 0 aromatic carbocycles. The maximum Gasteiger partial charge on any atom is 0.253 e. The summed E-state index contributed by atoms with van der Waals surface area (Å²) in [5.74, 6) is -0.0162. The van der Waals surface area contributed by atoms with E-state index in [1.807, 2.05) is 23.9 Å². The summed E-state index contributed by atoms with van der Waals surface area (Å²) in [6.07, 6.45) is 4.86. The highest BCUT2D eigenvalue weighted by Gasteiger charge is 2.39. The summed E-state index contributed by atoms with van der Waals surface area (Å²) < 4.78 is 28.9. The molecule has 0 saturated carbocycles. The van der Waals surface area contributed by atoms with Crippen molar-refractivity contribution < 1.29 is 13.2 Å². The lowest BCUT2D eigenvalue weighted by Gasteiger charge is -2.23. The van der Waals surface area contributed by atoms with Crippen molar-refractivity contribution in [2.24, 2.45) is 5.92 Å². The van der Waals surface area contributed by atoms with Gasteiger partial charge in [-0.15, -0.1) is 11.3 Å². The van der Waals surface area contributed by atoms with E-state index in [1.165, 1.54) is 15.6 Å². The molecule has 3 rings (SSSR count). The number of sulfonamides is 1. The smallest absolute Gasteiger partial charge is 0.253 e. The van der Waals surface area contributed by atoms with Gasteiger partial charge in [-0.05, 0) is 36.3 Å². The minimum Gasteiger partial charge on any atom is -0.354 e. The van der Waals surface area contributed by atoms with Crippen LogP contribution in [0.15, 0.2) is 40.2 Å². The topological polar surface area (TPSA) is 84.3 Å². The van der Waals surface area contributed by atoms with Crippen LogP contribution in [-0.2, 0) is 21.4 Å². The largest absolute Gasteiger partial charge is 0.354 e. The quantitative estimate of drug-likeness (QED) is 0.787. The van der Waals surface area contributed by atoms with Crippen molar-refractivity contribution in [2.45, 2.75) is 36.6 Å². The molecule has 2 unspecified atom stereocenters. The predicted octanol–water partition coefficient (Wildman–Crippen LogP) is 1.55. The average molecular weight is 383 g/mol. The maximum atomic E-state index is 12.7. The van der Waals surface area contributed by atoms with Gasteiger partial charge >= 0.3 is 0 Å². The summed E-state index contributed by atoms with van der Waals surface area (Å²) >= 11 is 1.18. The number of carbonyl (C=O) groups is 1. The first-order chi connectivity index (χ1) is 12.0. The lowest BCUT2D eigenvalue weighted by atomic mass is 10.1. The molecule has 0 bridgehead atoms. The summed E-state index contributed by atoms with van der Waals surface area (Å²) in [5.41, 5.74) is 0. The van der Waals surface area contributed by atoms with E-state index in [0.29, 0.717) is 36.7 Å². The fraction of sp³-hybridized carbons (Fsp3) is 0.500. The van der Waals surface area contributed by atoms with Crippen molar-refractivity contribution >= 4 is 27.3 Å². The highest BCUT2D eigenvalue weighted by atomic mass is 32.2. The lowest BCUT2D eigenvalue weighted by Crippen LogP contribution is -2.46. The number of nitrogens with zero attached hydrogens (tertiary/aromatic N) is 3. The Morgan fingerprint density at radius 2 is 2.32 bits per heavy atom. The molecule has 25 heavy (non-hydrogen) atoms. The van der Waals surface area contributed by atoms with E-state index in [1.54, 1.807) is 23.7 Å². The highest BCUT2D eigenvalue weighted by molar-refractivity contribution is 7.91. The van der Waals surface area contributed by atoms with Crippen LogP contribution in [0.5, 0.6) is 0 Å². The molecule has 1 amide bonds. The van der Waals surface area contributed by atoms with E-state index in [4.69, 9.17) is 0 Å². The van der Waals surface area contributed by atoms with E-state index in [-0.39, 0.29) is 11.8 Å². The van der Waals surface area contributed by atoms with Crippen LogP contribution in [0.25, 0.3) is 0 Å². The number of nitrogens with one attached hydrogen (secondary N) is 1. The molecule has 2 atom stereocenters. The Balaban J connectivity index is 1.59. The SMILES string of the molecule is CC(CNC(=O)C1CCCN1S(=O)(=O)c1cccs1)Cn1cccn1. The van der Waals surface area contributed by atoms with Crippen molar-refractivity contribution in [1.29, 1.82) is 0 Å². The Bertz CT molecular complexity index is 787. The molecule has 9 heteroatoms. The second-order valence-corrected chi connectivity index (χ2v) is 9.35. The van der Waals surface area contributed by atoms with Crippen LogP contribution in [0.3, 0.4) is 0 Å². The molecule has 3 heterocycles. The van der Waals surface area contributed by atoms with Crippen molar-refractivity contribution in [3.05, 3.63) is 36.0 Å². The Morgan fingerprint density at radius 3 is 3.00 bits per heavy atom. The molecule has 2 aromatic rings. The fourth-order valence-electron chi connectivity index (χ4n) is 3.00. The summed E-state index contributed by atoms with van der Waals surface area (Å²) in [6.45, 7) is 3.61. The third kappa shape index (κ3) is 4.10. The molecule has 1 aliphatic rings. The van der Waals surface area contributed by atoms with Crippen LogP contribution in [0, 0.1) is 5.92 Å². The van der Waals surface area contributed by atoms with Crippen molar-refractivity contribution in [3.8, 4) is 0 Å². The molecule has 0 spiro atoms. The van der Waals surface area contributed by atoms with Gasteiger partial charge in [0.25, 0.3) is 10.0 Å². The molecular formula is C16H22N4O3S2. The van der Waals surface area contributed by atoms with Crippen molar-refractivity contribution in [2.75, 3.05) is 13.1 Å². The van der Waals surface area contributed by atoms with Crippen LogP contribution in [-0.4, -0.2) is 47.5 Å². The number of amides is 1. The first kappa shape index (κ1) is 18.1. The molecule has 2 aromatic heterocycles. The van der Waals surface area contributed by atoms with Gasteiger partial charge in [0.1, 0.15) is 10.3 Å². The van der Waals surface area contributed by atoms with Gasteiger partial charge in [0, 0.05) is 32.0 Å². The highest BCUT2D eigenvalue weighted by Crippen LogP contribution is 2.28. The minimum absolute atomic E-state index is 0.201. The fourth-order valence-corrected chi connectivity index (χ4v) is 5.78. The first-order valence-electron chi connectivity index (χ1n) is 8.29. The number of carbonyl (C=O) groups excluding carboxylic acids is 1. The lowest BCUT2D eigenvalue weighted by molar-refractivity contribution is -0.124. The molecule has 0 radical (unpaired) electrons. The molecule has 1 fully saturated rings. The van der Waals surface area contributed by atoms with Crippen LogP contribution < -0.4 is 5.32 Å². The number of thiophene rings is 1. The average Bonchev–Trinajstić information content (AvgIpc) is 3.33. The van der Waals surface area contributed by atoms with Crippen molar-refractivity contribution in [1.82, 2.24) is 19.4 Å². The maximum absolute atomic E-state index is 12.7. The number of rotatable bonds is 7. The van der Waals surface area contributed by atoms with Gasteiger partial charge in [-0.1, -0.05) is 13.0 Å². The van der Waals surface area contributed by atoms with Crippen LogP contribution in [0.2, 0.25) is 0 Å². The van der Waals surface area contributed by atoms with Gasteiger partial charge in [-0.25, -0.2) is 8.42 Å². The number of aromatic nitrogens is 2. The van der Waals surface area contributed by atoms with Gasteiger partial charge in [-0.3, -0.25) is 9.48 Å². The van der Waals surface area contributed by atoms with Gasteiger partial charge in [-0.2, -0.15) is 9.40 Å². The summed E-state index contributed by atoms with van der Waals surface area (Å²) in [5, 5.41) is 8.78. The second kappa shape index (κ2) is 7.67. The molecular weight excluding hydrogens is 360 g/mol. The molecule has 1 saturated heterocycles. The standard InChI is InChI=1S/C16H22N4O3S2/c1-13(12-19-8-4-7-18-19)11-17-16(21)14-5-2-9-20(14)25(22,23)15-6-3-10-24-15/h3-4,6-8,10,13-14H,2,5,9,11-12H2,1H3,(H,17,21). The van der Waals surface area contributed by atoms with E-state index in [0.717, 1.165) is 0 Å². The van der Waals surface area contributed by atoms with Crippen LogP contribution in [0.4, 0.5) is 0 Å². The third-order valence-electron chi connectivity index (χ3n) is 4.25. The van der Waals surface area contributed by atoms with E-state index in [2.05, 4.69) is 10.4 Å². The Kier molecular flexibility index (Phi) is 5.55. The van der Waals surface area contributed by atoms with Gasteiger partial charge in [0.05, 0.1) is 0 Å². The van der Waals surface area contributed by atoms with Gasteiger partial charge in [0.2, 0.25) is 5.91 Å². The Hall–Kier alpha value is -1.71. The summed E-state index contributed by atoms with van der Waals surface area (Å²) in [4.78, 5) is 12.5. The second-order valence-electron chi connectivity index (χ2n) is 6.28. The third-order valence-corrected chi connectivity index (χ3v) is 7.53.